The second-order valence-corrected chi connectivity index (χ2v) is 8.20. The molecular weight excluding hydrogens is 394 g/mol. The number of benzene rings is 2. The maximum Gasteiger partial charge on any atom is 0.267 e. The highest BCUT2D eigenvalue weighted by atomic mass is 35.5. The van der Waals surface area contributed by atoms with Crippen LogP contribution in [0.3, 0.4) is 0 Å². The number of halogens is 1. The molecule has 4 rings (SSSR count). The quantitative estimate of drug-likeness (QED) is 0.613. The van der Waals surface area contributed by atoms with Gasteiger partial charge in [0.15, 0.2) is 5.13 Å². The highest BCUT2D eigenvalue weighted by Crippen LogP contribution is 2.48. The fourth-order valence-electron chi connectivity index (χ4n) is 3.15. The zero-order valence-corrected chi connectivity index (χ0v) is 16.7. The van der Waals surface area contributed by atoms with Crippen LogP contribution >= 0.6 is 22.9 Å². The number of para-hydroxylation sites is 1. The first-order chi connectivity index (χ1) is 13.5. The number of hydrogen-bond acceptors (Lipinski definition) is 4. The van der Waals surface area contributed by atoms with Gasteiger partial charge in [0.05, 0.1) is 16.9 Å². The fraction of sp³-hybridized carbons (Fsp3) is 0.190. The first-order valence-corrected chi connectivity index (χ1v) is 10.1. The molecule has 1 aliphatic rings. The molecule has 2 amide bonds. The summed E-state index contributed by atoms with van der Waals surface area (Å²) in [5, 5.41) is 6.54. The highest BCUT2D eigenvalue weighted by Gasteiger charge is 2.44. The SMILES string of the molecule is Cc1cccc(Cl)c1NC(=O)c1cnc(NC(=O)[C@@H]2C[C@H]2c2ccccc2)s1. The Morgan fingerprint density at radius 3 is 2.64 bits per heavy atom. The average molecular weight is 412 g/mol. The van der Waals surface area contributed by atoms with Gasteiger partial charge in [-0.1, -0.05) is 65.4 Å². The molecule has 1 saturated carbocycles. The summed E-state index contributed by atoms with van der Waals surface area (Å²) in [6.45, 7) is 1.87. The van der Waals surface area contributed by atoms with Gasteiger partial charge in [-0.2, -0.15) is 0 Å². The van der Waals surface area contributed by atoms with Crippen molar-refractivity contribution in [3.8, 4) is 0 Å². The summed E-state index contributed by atoms with van der Waals surface area (Å²) < 4.78 is 0. The van der Waals surface area contributed by atoms with E-state index in [9.17, 15) is 9.59 Å². The van der Waals surface area contributed by atoms with E-state index in [-0.39, 0.29) is 23.7 Å². The smallest absolute Gasteiger partial charge is 0.267 e. The number of carbonyl (C=O) groups is 2. The summed E-state index contributed by atoms with van der Waals surface area (Å²) in [6, 6.07) is 15.4. The molecule has 0 saturated heterocycles. The van der Waals surface area contributed by atoms with Crippen LogP contribution in [-0.4, -0.2) is 16.8 Å². The second-order valence-electron chi connectivity index (χ2n) is 6.76. The van der Waals surface area contributed by atoms with E-state index in [4.69, 9.17) is 11.6 Å². The lowest BCUT2D eigenvalue weighted by Gasteiger charge is -2.08. The summed E-state index contributed by atoms with van der Waals surface area (Å²) in [5.74, 6) is -0.152. The molecule has 28 heavy (non-hydrogen) atoms. The van der Waals surface area contributed by atoms with Gasteiger partial charge in [0.25, 0.3) is 5.91 Å². The van der Waals surface area contributed by atoms with Crippen molar-refractivity contribution in [2.24, 2.45) is 5.92 Å². The molecule has 0 bridgehead atoms. The molecule has 1 aliphatic carbocycles. The van der Waals surface area contributed by atoms with E-state index in [1.54, 1.807) is 6.07 Å². The number of rotatable bonds is 5. The molecule has 2 atom stereocenters. The van der Waals surface area contributed by atoms with Crippen LogP contribution in [0.2, 0.25) is 5.02 Å². The Kier molecular flexibility index (Phi) is 5.15. The minimum Gasteiger partial charge on any atom is -0.320 e. The molecule has 2 N–H and O–H groups in total. The summed E-state index contributed by atoms with van der Waals surface area (Å²) in [7, 11) is 0. The average Bonchev–Trinajstić information content (AvgIpc) is 3.37. The molecule has 0 spiro atoms. The zero-order valence-electron chi connectivity index (χ0n) is 15.1. The van der Waals surface area contributed by atoms with Crippen molar-refractivity contribution < 1.29 is 9.59 Å². The first kappa shape index (κ1) is 18.7. The van der Waals surface area contributed by atoms with Crippen molar-refractivity contribution >= 4 is 45.6 Å². The molecule has 5 nitrogen and oxygen atoms in total. The third-order valence-electron chi connectivity index (χ3n) is 4.78. The van der Waals surface area contributed by atoms with Crippen molar-refractivity contribution in [2.75, 3.05) is 10.6 Å². The van der Waals surface area contributed by atoms with Gasteiger partial charge in [0, 0.05) is 5.92 Å². The highest BCUT2D eigenvalue weighted by molar-refractivity contribution is 7.17. The molecule has 3 aromatic rings. The van der Waals surface area contributed by atoms with Crippen LogP contribution in [-0.2, 0) is 4.79 Å². The van der Waals surface area contributed by atoms with E-state index < -0.39 is 0 Å². The fourth-order valence-corrected chi connectivity index (χ4v) is 4.14. The number of anilines is 2. The topological polar surface area (TPSA) is 71.1 Å². The molecule has 0 aliphatic heterocycles. The Morgan fingerprint density at radius 1 is 1.11 bits per heavy atom. The lowest BCUT2D eigenvalue weighted by molar-refractivity contribution is -0.117. The Labute approximate surface area is 171 Å². The maximum atomic E-state index is 12.5. The van der Waals surface area contributed by atoms with Gasteiger partial charge in [-0.3, -0.25) is 9.59 Å². The molecule has 0 radical (unpaired) electrons. The zero-order chi connectivity index (χ0) is 19.7. The van der Waals surface area contributed by atoms with Gasteiger partial charge in [-0.05, 0) is 36.5 Å². The standard InChI is InChI=1S/C21H18ClN3O2S/c1-12-6-5-9-16(22)18(12)24-20(27)17-11-23-21(28-17)25-19(26)15-10-14(15)13-7-3-2-4-8-13/h2-9,11,14-15H,10H2,1H3,(H,24,27)(H,23,25,26)/t14-,15+/m0/s1. The predicted octanol–water partition coefficient (Wildman–Crippen LogP) is 5.10. The van der Waals surface area contributed by atoms with E-state index in [0.29, 0.717) is 20.7 Å². The minimum absolute atomic E-state index is 0.0469. The normalized spacial score (nSPS) is 17.8. The summed E-state index contributed by atoms with van der Waals surface area (Å²) >= 11 is 7.30. The van der Waals surface area contributed by atoms with Gasteiger partial charge >= 0.3 is 0 Å². The summed E-state index contributed by atoms with van der Waals surface area (Å²) in [5.41, 5.74) is 2.63. The van der Waals surface area contributed by atoms with Gasteiger partial charge in [-0.15, -0.1) is 0 Å². The molecule has 2 aromatic carbocycles. The number of aryl methyl sites for hydroxylation is 1. The van der Waals surface area contributed by atoms with Crippen molar-refractivity contribution in [1.82, 2.24) is 4.98 Å². The number of amides is 2. The number of hydrogen-bond donors (Lipinski definition) is 2. The lowest BCUT2D eigenvalue weighted by Crippen LogP contribution is -2.14. The van der Waals surface area contributed by atoms with Crippen LogP contribution in [0, 0.1) is 12.8 Å². The number of thiazole rings is 1. The minimum atomic E-state index is -0.303. The van der Waals surface area contributed by atoms with Crippen molar-refractivity contribution in [2.45, 2.75) is 19.3 Å². The molecule has 7 heteroatoms. The molecular formula is C21H18ClN3O2S. The van der Waals surface area contributed by atoms with Gasteiger partial charge in [0.2, 0.25) is 5.91 Å². The van der Waals surface area contributed by atoms with E-state index in [2.05, 4.69) is 15.6 Å². The molecule has 1 heterocycles. The Morgan fingerprint density at radius 2 is 1.89 bits per heavy atom. The third kappa shape index (κ3) is 3.93. The molecule has 1 aromatic heterocycles. The molecule has 1 fully saturated rings. The number of aromatic nitrogens is 1. The van der Waals surface area contributed by atoms with Crippen molar-refractivity contribution in [3.63, 3.8) is 0 Å². The predicted molar refractivity (Wildman–Crippen MR) is 112 cm³/mol. The third-order valence-corrected chi connectivity index (χ3v) is 6.00. The molecule has 142 valence electrons. The molecule has 0 unspecified atom stereocenters. The van der Waals surface area contributed by atoms with Crippen LogP contribution in [0.1, 0.15) is 33.1 Å². The Balaban J connectivity index is 1.38. The van der Waals surface area contributed by atoms with E-state index >= 15 is 0 Å². The van der Waals surface area contributed by atoms with Gasteiger partial charge < -0.3 is 10.6 Å². The maximum absolute atomic E-state index is 12.5. The first-order valence-electron chi connectivity index (χ1n) is 8.91. The van der Waals surface area contributed by atoms with Crippen LogP contribution < -0.4 is 10.6 Å². The Hall–Kier alpha value is -2.70. The van der Waals surface area contributed by atoms with Gasteiger partial charge in [0.1, 0.15) is 4.88 Å². The van der Waals surface area contributed by atoms with E-state index in [0.717, 1.165) is 23.3 Å². The lowest BCUT2D eigenvalue weighted by atomic mass is 10.1. The Bertz CT molecular complexity index is 1010. The van der Waals surface area contributed by atoms with Crippen molar-refractivity contribution in [3.05, 3.63) is 75.8 Å². The number of nitrogens with one attached hydrogen (secondary N) is 2. The van der Waals surface area contributed by atoms with Crippen LogP contribution in [0.5, 0.6) is 0 Å². The monoisotopic (exact) mass is 411 g/mol. The van der Waals surface area contributed by atoms with E-state index in [1.165, 1.54) is 11.8 Å². The second kappa shape index (κ2) is 7.73. The largest absolute Gasteiger partial charge is 0.320 e. The van der Waals surface area contributed by atoms with Crippen LogP contribution in [0.4, 0.5) is 10.8 Å². The van der Waals surface area contributed by atoms with Crippen LogP contribution in [0.15, 0.2) is 54.7 Å². The number of nitrogens with zero attached hydrogens (tertiary/aromatic N) is 1. The number of carbonyl (C=O) groups excluding carboxylic acids is 2. The summed E-state index contributed by atoms with van der Waals surface area (Å²) in [4.78, 5) is 29.5. The van der Waals surface area contributed by atoms with Gasteiger partial charge in [-0.25, -0.2) is 4.98 Å². The van der Waals surface area contributed by atoms with E-state index in [1.807, 2.05) is 49.4 Å². The van der Waals surface area contributed by atoms with Crippen LogP contribution in [0.25, 0.3) is 0 Å². The van der Waals surface area contributed by atoms with Crippen molar-refractivity contribution in [1.29, 1.82) is 0 Å². The summed E-state index contributed by atoms with van der Waals surface area (Å²) in [6.07, 6.45) is 2.30.